The predicted molar refractivity (Wildman–Crippen MR) is 46.9 cm³/mol. The fraction of sp³-hybridized carbons (Fsp3) is 0.889. The van der Waals surface area contributed by atoms with Gasteiger partial charge in [0, 0.05) is 6.54 Å². The van der Waals surface area contributed by atoms with Crippen molar-refractivity contribution in [1.29, 1.82) is 0 Å². The summed E-state index contributed by atoms with van der Waals surface area (Å²) in [6.07, 6.45) is -3.17. The number of hydrogen-bond donors (Lipinski definition) is 1. The van der Waals surface area contributed by atoms with E-state index in [1.165, 1.54) is 0 Å². The van der Waals surface area contributed by atoms with Crippen LogP contribution in [0.5, 0.6) is 0 Å². The van der Waals surface area contributed by atoms with Crippen molar-refractivity contribution in [1.82, 2.24) is 0 Å². The Hall–Kier alpha value is -0.780. The van der Waals surface area contributed by atoms with Gasteiger partial charge in [0.05, 0.1) is 7.11 Å². The zero-order chi connectivity index (χ0) is 11.7. The van der Waals surface area contributed by atoms with Gasteiger partial charge >= 0.3 is 12.1 Å². The number of hydrogen-bond acceptors (Lipinski definition) is 3. The van der Waals surface area contributed by atoms with Crippen LogP contribution < -0.4 is 5.73 Å². The molecule has 1 fully saturated rings. The summed E-state index contributed by atoms with van der Waals surface area (Å²) in [5.41, 5.74) is 2.66. The number of esters is 1. The lowest BCUT2D eigenvalue weighted by atomic mass is 9.64. The Bertz CT molecular complexity index is 250. The number of halogens is 3. The van der Waals surface area contributed by atoms with Gasteiger partial charge in [0.25, 0.3) is 0 Å². The number of alkyl halides is 3. The molecule has 2 N–H and O–H groups in total. The van der Waals surface area contributed by atoms with Gasteiger partial charge in [0.15, 0.2) is 5.41 Å². The first-order chi connectivity index (χ1) is 6.90. The molecule has 6 heteroatoms. The van der Waals surface area contributed by atoms with Crippen LogP contribution in [0.2, 0.25) is 0 Å². The molecular formula is C9H14F3NO2. The van der Waals surface area contributed by atoms with Crippen molar-refractivity contribution in [3.05, 3.63) is 0 Å². The Balaban J connectivity index is 3.06. The van der Waals surface area contributed by atoms with Crippen molar-refractivity contribution in [3.63, 3.8) is 0 Å². The van der Waals surface area contributed by atoms with Crippen LogP contribution in [0.15, 0.2) is 0 Å². The highest BCUT2D eigenvalue weighted by Crippen LogP contribution is 2.51. The second-order valence-corrected chi connectivity index (χ2v) is 3.79. The van der Waals surface area contributed by atoms with E-state index in [1.807, 2.05) is 0 Å². The van der Waals surface area contributed by atoms with Crippen LogP contribution in [-0.4, -0.2) is 25.8 Å². The maximum atomic E-state index is 12.9. The summed E-state index contributed by atoms with van der Waals surface area (Å²) in [7, 11) is 0.956. The van der Waals surface area contributed by atoms with Gasteiger partial charge in [-0.15, -0.1) is 0 Å². The molecule has 0 amide bonds. The first kappa shape index (κ1) is 12.3. The highest BCUT2D eigenvalue weighted by molar-refractivity contribution is 5.78. The molecule has 15 heavy (non-hydrogen) atoms. The molecule has 1 saturated carbocycles. The largest absolute Gasteiger partial charge is 0.468 e. The van der Waals surface area contributed by atoms with Crippen LogP contribution in [0.1, 0.15) is 19.3 Å². The van der Waals surface area contributed by atoms with Gasteiger partial charge in [0.2, 0.25) is 0 Å². The summed E-state index contributed by atoms with van der Waals surface area (Å²) in [6.45, 7) is -0.742. The van der Waals surface area contributed by atoms with Gasteiger partial charge in [-0.25, -0.2) is 0 Å². The fourth-order valence-corrected chi connectivity index (χ4v) is 1.96. The quantitative estimate of drug-likeness (QED) is 0.740. The first-order valence-electron chi connectivity index (χ1n) is 4.75. The molecule has 0 spiro atoms. The zero-order valence-corrected chi connectivity index (χ0v) is 8.43. The average molecular weight is 225 g/mol. The maximum Gasteiger partial charge on any atom is 0.406 e. The summed E-state index contributed by atoms with van der Waals surface area (Å²) in [6, 6.07) is 0. The second kappa shape index (κ2) is 4.00. The Morgan fingerprint density at radius 1 is 1.47 bits per heavy atom. The van der Waals surface area contributed by atoms with Gasteiger partial charge in [-0.2, -0.15) is 13.2 Å². The monoisotopic (exact) mass is 225 g/mol. The van der Waals surface area contributed by atoms with E-state index in [2.05, 4.69) is 4.74 Å². The van der Waals surface area contributed by atoms with Crippen LogP contribution in [0.4, 0.5) is 13.2 Å². The van der Waals surface area contributed by atoms with Gasteiger partial charge in [-0.05, 0) is 18.8 Å². The average Bonchev–Trinajstić information content (AvgIpc) is 2.07. The summed E-state index contributed by atoms with van der Waals surface area (Å²) in [5.74, 6) is -1.99. The molecule has 1 rings (SSSR count). The predicted octanol–water partition coefficient (Wildman–Crippen LogP) is 1.47. The van der Waals surface area contributed by atoms with E-state index in [0.717, 1.165) is 7.11 Å². The SMILES string of the molecule is COC(=O)C(CN)(C1CCC1)C(F)(F)F. The Labute approximate surface area is 85.8 Å². The number of rotatable bonds is 3. The van der Waals surface area contributed by atoms with Crippen LogP contribution in [0.3, 0.4) is 0 Å². The topological polar surface area (TPSA) is 52.3 Å². The third-order valence-electron chi connectivity index (χ3n) is 3.18. The van der Waals surface area contributed by atoms with E-state index < -0.39 is 30.0 Å². The highest BCUT2D eigenvalue weighted by atomic mass is 19.4. The fourth-order valence-electron chi connectivity index (χ4n) is 1.96. The molecule has 1 aliphatic carbocycles. The molecule has 3 nitrogen and oxygen atoms in total. The van der Waals surface area contributed by atoms with Gasteiger partial charge in [-0.3, -0.25) is 4.79 Å². The summed E-state index contributed by atoms with van der Waals surface area (Å²) >= 11 is 0. The third kappa shape index (κ3) is 1.71. The minimum Gasteiger partial charge on any atom is -0.468 e. The van der Waals surface area contributed by atoms with Crippen molar-refractivity contribution in [2.45, 2.75) is 25.4 Å². The molecule has 0 heterocycles. The third-order valence-corrected chi connectivity index (χ3v) is 3.18. The van der Waals surface area contributed by atoms with E-state index in [1.54, 1.807) is 0 Å². The summed E-state index contributed by atoms with van der Waals surface area (Å²) < 4.78 is 43.0. The van der Waals surface area contributed by atoms with E-state index in [4.69, 9.17) is 5.73 Å². The molecular weight excluding hydrogens is 211 g/mol. The van der Waals surface area contributed by atoms with Crippen LogP contribution in [0.25, 0.3) is 0 Å². The highest BCUT2D eigenvalue weighted by Gasteiger charge is 2.65. The summed E-state index contributed by atoms with van der Waals surface area (Å²) in [5, 5.41) is 0. The van der Waals surface area contributed by atoms with Crippen molar-refractivity contribution >= 4 is 5.97 Å². The molecule has 1 unspecified atom stereocenters. The Morgan fingerprint density at radius 2 is 2.00 bits per heavy atom. The molecule has 0 aliphatic heterocycles. The van der Waals surface area contributed by atoms with E-state index >= 15 is 0 Å². The molecule has 1 aliphatic rings. The number of methoxy groups -OCH3 is 1. The molecule has 1 atom stereocenters. The standard InChI is InChI=1S/C9H14F3NO2/c1-15-7(14)8(5-13,9(10,11)12)6-3-2-4-6/h6H,2-5,13H2,1H3. The number of carbonyl (C=O) groups is 1. The molecule has 0 aromatic rings. The van der Waals surface area contributed by atoms with E-state index in [9.17, 15) is 18.0 Å². The minimum atomic E-state index is -4.64. The first-order valence-corrected chi connectivity index (χ1v) is 4.75. The Kier molecular flexibility index (Phi) is 3.28. The lowest BCUT2D eigenvalue weighted by Gasteiger charge is -2.43. The van der Waals surface area contributed by atoms with Crippen LogP contribution in [0, 0.1) is 11.3 Å². The molecule has 0 aromatic heterocycles. The van der Waals surface area contributed by atoms with Crippen LogP contribution in [-0.2, 0) is 9.53 Å². The maximum absolute atomic E-state index is 12.9. The smallest absolute Gasteiger partial charge is 0.406 e. The summed E-state index contributed by atoms with van der Waals surface area (Å²) in [4.78, 5) is 11.3. The van der Waals surface area contributed by atoms with E-state index in [-0.39, 0.29) is 0 Å². The van der Waals surface area contributed by atoms with Gasteiger partial charge < -0.3 is 10.5 Å². The second-order valence-electron chi connectivity index (χ2n) is 3.79. The van der Waals surface area contributed by atoms with E-state index in [0.29, 0.717) is 19.3 Å². The van der Waals surface area contributed by atoms with Crippen molar-refractivity contribution < 1.29 is 22.7 Å². The van der Waals surface area contributed by atoms with Gasteiger partial charge in [-0.1, -0.05) is 6.42 Å². The van der Waals surface area contributed by atoms with Crippen molar-refractivity contribution in [2.75, 3.05) is 13.7 Å². The number of nitrogens with two attached hydrogens (primary N) is 1. The molecule has 0 bridgehead atoms. The molecule has 88 valence electrons. The lowest BCUT2D eigenvalue weighted by molar-refractivity contribution is -0.251. The zero-order valence-electron chi connectivity index (χ0n) is 8.43. The lowest BCUT2D eigenvalue weighted by Crippen LogP contribution is -2.57. The minimum absolute atomic E-state index is 0.381. The molecule has 0 saturated heterocycles. The van der Waals surface area contributed by atoms with Gasteiger partial charge in [0.1, 0.15) is 0 Å². The Morgan fingerprint density at radius 3 is 2.20 bits per heavy atom. The van der Waals surface area contributed by atoms with Crippen LogP contribution >= 0.6 is 0 Å². The number of ether oxygens (including phenoxy) is 1. The normalized spacial score (nSPS) is 21.7. The molecule has 0 aromatic carbocycles. The van der Waals surface area contributed by atoms with Crippen molar-refractivity contribution in [3.8, 4) is 0 Å². The molecule has 0 radical (unpaired) electrons. The number of carbonyl (C=O) groups excluding carboxylic acids is 1. The van der Waals surface area contributed by atoms with Crippen molar-refractivity contribution in [2.24, 2.45) is 17.1 Å².